The average Bonchev–Trinajstić information content (AvgIpc) is 2.79. The van der Waals surface area contributed by atoms with Crippen molar-refractivity contribution in [1.82, 2.24) is 0 Å². The number of hydrogen-bond acceptors (Lipinski definition) is 4. The molecule has 0 amide bonds. The molecule has 2 aromatic rings. The van der Waals surface area contributed by atoms with E-state index in [1.54, 1.807) is 7.11 Å². The third kappa shape index (κ3) is 2.05. The number of aryl methyl sites for hydroxylation is 1. The molecule has 0 aliphatic rings. The van der Waals surface area contributed by atoms with E-state index in [4.69, 9.17) is 15.7 Å². The Hall–Kier alpha value is -1.99. The molecule has 0 fully saturated rings. The fraction of sp³-hybridized carbons (Fsp3) is 0.214. The topological polar surface area (TPSA) is 59.0 Å². The SMILES string of the molecule is CCc1cc(-c2csc(C#N)c2N)ccc1OC. The van der Waals surface area contributed by atoms with Gasteiger partial charge in [0, 0.05) is 10.9 Å². The number of nitrogen functional groups attached to an aromatic ring is 1. The minimum atomic E-state index is 0.565. The second-order valence-corrected chi connectivity index (χ2v) is 4.76. The zero-order valence-electron chi connectivity index (χ0n) is 10.4. The summed E-state index contributed by atoms with van der Waals surface area (Å²) in [6, 6.07) is 8.08. The van der Waals surface area contributed by atoms with E-state index in [1.165, 1.54) is 11.3 Å². The number of nitrogens with zero attached hydrogens (tertiary/aromatic N) is 1. The van der Waals surface area contributed by atoms with Gasteiger partial charge in [0.05, 0.1) is 12.8 Å². The van der Waals surface area contributed by atoms with E-state index in [-0.39, 0.29) is 0 Å². The van der Waals surface area contributed by atoms with Gasteiger partial charge < -0.3 is 10.5 Å². The van der Waals surface area contributed by atoms with E-state index in [2.05, 4.69) is 19.1 Å². The third-order valence-electron chi connectivity index (χ3n) is 2.90. The molecule has 0 saturated carbocycles. The maximum atomic E-state index is 8.92. The molecule has 0 aliphatic carbocycles. The van der Waals surface area contributed by atoms with Gasteiger partial charge in [-0.1, -0.05) is 13.0 Å². The average molecular weight is 258 g/mol. The molecule has 92 valence electrons. The highest BCUT2D eigenvalue weighted by Crippen LogP contribution is 2.35. The van der Waals surface area contributed by atoms with Crippen LogP contribution in [0.5, 0.6) is 5.75 Å². The number of methoxy groups -OCH3 is 1. The Morgan fingerprint density at radius 3 is 2.78 bits per heavy atom. The van der Waals surface area contributed by atoms with Gasteiger partial charge in [0.15, 0.2) is 0 Å². The van der Waals surface area contributed by atoms with E-state index in [0.29, 0.717) is 10.6 Å². The summed E-state index contributed by atoms with van der Waals surface area (Å²) in [7, 11) is 1.67. The van der Waals surface area contributed by atoms with Crippen molar-refractivity contribution >= 4 is 17.0 Å². The first-order valence-corrected chi connectivity index (χ1v) is 6.53. The molecule has 1 heterocycles. The maximum absolute atomic E-state index is 8.92. The fourth-order valence-electron chi connectivity index (χ4n) is 1.90. The van der Waals surface area contributed by atoms with E-state index < -0.39 is 0 Å². The minimum absolute atomic E-state index is 0.565. The standard InChI is InChI=1S/C14H14N2OS/c1-3-9-6-10(4-5-12(9)17-2)11-8-18-13(7-15)14(11)16/h4-6,8H,3,16H2,1-2H3. The lowest BCUT2D eigenvalue weighted by Gasteiger charge is -2.09. The van der Waals surface area contributed by atoms with Crippen molar-refractivity contribution in [3.8, 4) is 22.9 Å². The highest BCUT2D eigenvalue weighted by molar-refractivity contribution is 7.11. The van der Waals surface area contributed by atoms with Gasteiger partial charge >= 0.3 is 0 Å². The van der Waals surface area contributed by atoms with Gasteiger partial charge in [-0.25, -0.2) is 0 Å². The van der Waals surface area contributed by atoms with E-state index in [9.17, 15) is 0 Å². The molecule has 2 rings (SSSR count). The lowest BCUT2D eigenvalue weighted by Crippen LogP contribution is -1.92. The first-order valence-electron chi connectivity index (χ1n) is 5.65. The van der Waals surface area contributed by atoms with Crippen LogP contribution < -0.4 is 10.5 Å². The van der Waals surface area contributed by atoms with Crippen molar-refractivity contribution in [2.75, 3.05) is 12.8 Å². The van der Waals surface area contributed by atoms with Crippen molar-refractivity contribution < 1.29 is 4.74 Å². The Morgan fingerprint density at radius 1 is 1.44 bits per heavy atom. The third-order valence-corrected chi connectivity index (χ3v) is 3.80. The maximum Gasteiger partial charge on any atom is 0.128 e. The van der Waals surface area contributed by atoms with Crippen LogP contribution in [-0.2, 0) is 6.42 Å². The minimum Gasteiger partial charge on any atom is -0.496 e. The molecule has 2 N–H and O–H groups in total. The monoisotopic (exact) mass is 258 g/mol. The van der Waals surface area contributed by atoms with Gasteiger partial charge in [-0.3, -0.25) is 0 Å². The van der Waals surface area contributed by atoms with E-state index in [0.717, 1.165) is 28.9 Å². The molecular weight excluding hydrogens is 244 g/mol. The van der Waals surface area contributed by atoms with Gasteiger partial charge in [0.2, 0.25) is 0 Å². The lowest BCUT2D eigenvalue weighted by atomic mass is 10.0. The highest BCUT2D eigenvalue weighted by atomic mass is 32.1. The number of anilines is 1. The van der Waals surface area contributed by atoms with Gasteiger partial charge in [-0.15, -0.1) is 11.3 Å². The van der Waals surface area contributed by atoms with Crippen LogP contribution in [0.4, 0.5) is 5.69 Å². The van der Waals surface area contributed by atoms with Crippen LogP contribution in [0.1, 0.15) is 17.4 Å². The highest BCUT2D eigenvalue weighted by Gasteiger charge is 2.11. The second kappa shape index (κ2) is 5.11. The molecule has 0 atom stereocenters. The molecule has 0 radical (unpaired) electrons. The smallest absolute Gasteiger partial charge is 0.128 e. The number of hydrogen-bond donors (Lipinski definition) is 1. The van der Waals surface area contributed by atoms with Crippen molar-refractivity contribution in [3.05, 3.63) is 34.0 Å². The molecule has 1 aromatic carbocycles. The predicted octanol–water partition coefficient (Wildman–Crippen LogP) is 3.44. The fourth-order valence-corrected chi connectivity index (χ4v) is 2.69. The zero-order chi connectivity index (χ0) is 13.1. The van der Waals surface area contributed by atoms with Crippen molar-refractivity contribution in [2.45, 2.75) is 13.3 Å². The lowest BCUT2D eigenvalue weighted by molar-refractivity contribution is 0.410. The predicted molar refractivity (Wildman–Crippen MR) is 74.8 cm³/mol. The Morgan fingerprint density at radius 2 is 2.22 bits per heavy atom. The van der Waals surface area contributed by atoms with Crippen LogP contribution in [0.2, 0.25) is 0 Å². The summed E-state index contributed by atoms with van der Waals surface area (Å²) in [6.07, 6.45) is 0.895. The molecule has 0 aliphatic heterocycles. The summed E-state index contributed by atoms with van der Waals surface area (Å²) >= 11 is 1.38. The van der Waals surface area contributed by atoms with E-state index in [1.807, 2.05) is 17.5 Å². The van der Waals surface area contributed by atoms with Crippen molar-refractivity contribution in [1.29, 1.82) is 5.26 Å². The summed E-state index contributed by atoms with van der Waals surface area (Å²) < 4.78 is 5.30. The summed E-state index contributed by atoms with van der Waals surface area (Å²) in [6.45, 7) is 2.08. The summed E-state index contributed by atoms with van der Waals surface area (Å²) in [5, 5.41) is 10.8. The Kier molecular flexibility index (Phi) is 3.54. The number of rotatable bonds is 3. The normalized spacial score (nSPS) is 10.1. The molecule has 0 unspecified atom stereocenters. The number of nitriles is 1. The molecule has 4 heteroatoms. The molecule has 18 heavy (non-hydrogen) atoms. The van der Waals surface area contributed by atoms with Gasteiger partial charge in [0.25, 0.3) is 0 Å². The number of ether oxygens (including phenoxy) is 1. The first-order chi connectivity index (χ1) is 8.71. The van der Waals surface area contributed by atoms with Crippen LogP contribution >= 0.6 is 11.3 Å². The van der Waals surface area contributed by atoms with Crippen LogP contribution in [0.15, 0.2) is 23.6 Å². The van der Waals surface area contributed by atoms with Gasteiger partial charge in [-0.2, -0.15) is 5.26 Å². The van der Waals surface area contributed by atoms with Gasteiger partial charge in [-0.05, 0) is 29.7 Å². The quantitative estimate of drug-likeness (QED) is 0.917. The van der Waals surface area contributed by atoms with Gasteiger partial charge in [0.1, 0.15) is 16.7 Å². The van der Waals surface area contributed by atoms with Crippen LogP contribution in [0, 0.1) is 11.3 Å². The number of thiophene rings is 1. The first kappa shape index (κ1) is 12.5. The van der Waals surface area contributed by atoms with Crippen molar-refractivity contribution in [3.63, 3.8) is 0 Å². The largest absolute Gasteiger partial charge is 0.496 e. The molecule has 0 bridgehead atoms. The zero-order valence-corrected chi connectivity index (χ0v) is 11.2. The number of nitrogens with two attached hydrogens (primary N) is 1. The van der Waals surface area contributed by atoms with Crippen LogP contribution in [-0.4, -0.2) is 7.11 Å². The summed E-state index contributed by atoms with van der Waals surface area (Å²) in [5.74, 6) is 0.885. The number of benzene rings is 1. The molecule has 0 saturated heterocycles. The summed E-state index contributed by atoms with van der Waals surface area (Å²) in [5.41, 5.74) is 9.62. The van der Waals surface area contributed by atoms with Crippen LogP contribution in [0.25, 0.3) is 11.1 Å². The Bertz CT molecular complexity index is 611. The van der Waals surface area contributed by atoms with E-state index >= 15 is 0 Å². The molecular formula is C14H14N2OS. The molecule has 1 aromatic heterocycles. The molecule has 3 nitrogen and oxygen atoms in total. The second-order valence-electron chi connectivity index (χ2n) is 3.88. The molecule has 0 spiro atoms. The summed E-state index contributed by atoms with van der Waals surface area (Å²) in [4.78, 5) is 0.568. The Labute approximate surface area is 110 Å². The van der Waals surface area contributed by atoms with Crippen LogP contribution in [0.3, 0.4) is 0 Å². The van der Waals surface area contributed by atoms with Crippen molar-refractivity contribution in [2.24, 2.45) is 0 Å². The Balaban J connectivity index is 2.51.